The Morgan fingerprint density at radius 1 is 1.47 bits per heavy atom. The molecule has 0 radical (unpaired) electrons. The van der Waals surface area contributed by atoms with E-state index in [2.05, 4.69) is 15.9 Å². The molecule has 1 aromatic carbocycles. The van der Waals surface area contributed by atoms with Gasteiger partial charge in [-0.1, -0.05) is 0 Å². The summed E-state index contributed by atoms with van der Waals surface area (Å²) in [5.41, 5.74) is 0. The maximum absolute atomic E-state index is 12.9. The summed E-state index contributed by atoms with van der Waals surface area (Å²) >= 11 is 3.08. The molecular weight excluding hydrogens is 289 g/mol. The predicted octanol–water partition coefficient (Wildman–Crippen LogP) is 2.84. The monoisotopic (exact) mass is 303 g/mol. The highest BCUT2D eigenvalue weighted by Gasteiger charge is 2.04. The van der Waals surface area contributed by atoms with Gasteiger partial charge in [0.05, 0.1) is 11.1 Å². The normalized spacial score (nSPS) is 10.1. The van der Waals surface area contributed by atoms with Gasteiger partial charge in [0.1, 0.15) is 11.6 Å². The summed E-state index contributed by atoms with van der Waals surface area (Å²) in [7, 11) is 3.44. The van der Waals surface area contributed by atoms with Crippen LogP contribution in [-0.4, -0.2) is 31.5 Å². The Hall–Kier alpha value is -1.10. The van der Waals surface area contributed by atoms with Crippen LogP contribution in [0.1, 0.15) is 12.8 Å². The molecule has 0 saturated carbocycles. The molecule has 1 amide bonds. The van der Waals surface area contributed by atoms with Gasteiger partial charge in [-0.25, -0.2) is 4.39 Å². The van der Waals surface area contributed by atoms with Crippen LogP contribution in [-0.2, 0) is 4.79 Å². The van der Waals surface area contributed by atoms with Crippen molar-refractivity contribution in [1.82, 2.24) is 4.90 Å². The van der Waals surface area contributed by atoms with Gasteiger partial charge in [0, 0.05) is 20.5 Å². The molecule has 0 spiro atoms. The number of amides is 1. The van der Waals surface area contributed by atoms with Gasteiger partial charge in [-0.15, -0.1) is 0 Å². The average Bonchev–Trinajstić information content (AvgIpc) is 2.28. The second kappa shape index (κ2) is 6.59. The van der Waals surface area contributed by atoms with Crippen molar-refractivity contribution in [2.75, 3.05) is 20.7 Å². The molecule has 0 bridgehead atoms. The highest BCUT2D eigenvalue weighted by atomic mass is 79.9. The van der Waals surface area contributed by atoms with Crippen molar-refractivity contribution < 1.29 is 13.9 Å². The molecule has 17 heavy (non-hydrogen) atoms. The molecule has 0 heterocycles. The van der Waals surface area contributed by atoms with Crippen LogP contribution in [0.4, 0.5) is 4.39 Å². The fraction of sp³-hybridized carbons (Fsp3) is 0.417. The first kappa shape index (κ1) is 14.0. The van der Waals surface area contributed by atoms with Gasteiger partial charge in [-0.05, 0) is 40.5 Å². The average molecular weight is 304 g/mol. The number of rotatable bonds is 5. The van der Waals surface area contributed by atoms with Crippen LogP contribution in [0.5, 0.6) is 5.75 Å². The Balaban J connectivity index is 2.31. The minimum absolute atomic E-state index is 0.0777. The first-order valence-electron chi connectivity index (χ1n) is 5.28. The summed E-state index contributed by atoms with van der Waals surface area (Å²) in [6, 6.07) is 4.47. The Labute approximate surface area is 109 Å². The third-order valence-corrected chi connectivity index (χ3v) is 2.80. The second-order valence-electron chi connectivity index (χ2n) is 3.82. The molecule has 0 aromatic heterocycles. The summed E-state index contributed by atoms with van der Waals surface area (Å²) in [6.45, 7) is 0.442. The van der Waals surface area contributed by atoms with Crippen molar-refractivity contribution in [3.63, 3.8) is 0 Å². The first-order valence-corrected chi connectivity index (χ1v) is 6.08. The second-order valence-corrected chi connectivity index (χ2v) is 4.67. The lowest BCUT2D eigenvalue weighted by molar-refractivity contribution is -0.128. The summed E-state index contributed by atoms with van der Waals surface area (Å²) in [4.78, 5) is 12.8. The molecule has 5 heteroatoms. The quantitative estimate of drug-likeness (QED) is 0.783. The molecular formula is C12H15BrFNO2. The molecule has 0 aliphatic heterocycles. The van der Waals surface area contributed by atoms with Gasteiger partial charge in [0.25, 0.3) is 0 Å². The van der Waals surface area contributed by atoms with Crippen LogP contribution in [0.15, 0.2) is 22.7 Å². The minimum atomic E-state index is -0.319. The smallest absolute Gasteiger partial charge is 0.222 e. The first-order chi connectivity index (χ1) is 8.00. The third kappa shape index (κ3) is 4.73. The highest BCUT2D eigenvalue weighted by molar-refractivity contribution is 9.10. The Morgan fingerprint density at radius 3 is 2.76 bits per heavy atom. The summed E-state index contributed by atoms with van der Waals surface area (Å²) < 4.78 is 18.7. The van der Waals surface area contributed by atoms with Crippen LogP contribution in [0.3, 0.4) is 0 Å². The number of hydrogen-bond donors (Lipinski definition) is 0. The fourth-order valence-electron chi connectivity index (χ4n) is 1.20. The standard InChI is InChI=1S/C12H15BrFNO2/c1-15(2)12(16)4-3-7-17-9-5-6-11(14)10(13)8-9/h5-6,8H,3-4,7H2,1-2H3. The van der Waals surface area contributed by atoms with E-state index in [1.54, 1.807) is 31.1 Å². The molecule has 1 aromatic rings. The van der Waals surface area contributed by atoms with Gasteiger partial charge in [0.15, 0.2) is 0 Å². The van der Waals surface area contributed by atoms with Crippen molar-refractivity contribution in [2.45, 2.75) is 12.8 Å². The molecule has 0 saturated heterocycles. The largest absolute Gasteiger partial charge is 0.494 e. The Bertz CT molecular complexity index is 396. The van der Waals surface area contributed by atoms with E-state index in [-0.39, 0.29) is 11.7 Å². The van der Waals surface area contributed by atoms with Gasteiger partial charge in [-0.3, -0.25) is 4.79 Å². The molecule has 0 aliphatic rings. The van der Waals surface area contributed by atoms with Crippen molar-refractivity contribution in [3.05, 3.63) is 28.5 Å². The number of carbonyl (C=O) groups is 1. The Kier molecular flexibility index (Phi) is 5.41. The fourth-order valence-corrected chi connectivity index (χ4v) is 1.56. The van der Waals surface area contributed by atoms with E-state index < -0.39 is 0 Å². The number of nitrogens with zero attached hydrogens (tertiary/aromatic N) is 1. The van der Waals surface area contributed by atoms with Crippen LogP contribution in [0, 0.1) is 5.82 Å². The topological polar surface area (TPSA) is 29.5 Å². The van der Waals surface area contributed by atoms with E-state index in [0.29, 0.717) is 29.7 Å². The van der Waals surface area contributed by atoms with E-state index in [9.17, 15) is 9.18 Å². The Morgan fingerprint density at radius 2 is 2.18 bits per heavy atom. The van der Waals surface area contributed by atoms with Crippen molar-refractivity contribution in [1.29, 1.82) is 0 Å². The van der Waals surface area contributed by atoms with Crippen LogP contribution < -0.4 is 4.74 Å². The van der Waals surface area contributed by atoms with E-state index in [1.165, 1.54) is 6.07 Å². The molecule has 0 fully saturated rings. The number of benzene rings is 1. The zero-order valence-corrected chi connectivity index (χ0v) is 11.5. The minimum Gasteiger partial charge on any atom is -0.494 e. The molecule has 0 atom stereocenters. The van der Waals surface area contributed by atoms with E-state index in [1.807, 2.05) is 0 Å². The summed E-state index contributed by atoms with van der Waals surface area (Å²) in [6.07, 6.45) is 1.10. The number of carbonyl (C=O) groups excluding carboxylic acids is 1. The van der Waals surface area contributed by atoms with Gasteiger partial charge < -0.3 is 9.64 Å². The van der Waals surface area contributed by atoms with E-state index >= 15 is 0 Å². The molecule has 3 nitrogen and oxygen atoms in total. The molecule has 0 unspecified atom stereocenters. The lowest BCUT2D eigenvalue weighted by Crippen LogP contribution is -2.21. The summed E-state index contributed by atoms with van der Waals surface area (Å²) in [5.74, 6) is 0.351. The summed E-state index contributed by atoms with van der Waals surface area (Å²) in [5, 5.41) is 0. The molecule has 1 rings (SSSR count). The molecule has 0 aliphatic carbocycles. The zero-order chi connectivity index (χ0) is 12.8. The van der Waals surface area contributed by atoms with Gasteiger partial charge in [-0.2, -0.15) is 0 Å². The SMILES string of the molecule is CN(C)C(=O)CCCOc1ccc(F)c(Br)c1. The third-order valence-electron chi connectivity index (χ3n) is 2.19. The zero-order valence-electron chi connectivity index (χ0n) is 9.87. The van der Waals surface area contributed by atoms with E-state index in [0.717, 1.165) is 0 Å². The lowest BCUT2D eigenvalue weighted by Gasteiger charge is -2.10. The molecule has 0 N–H and O–H groups in total. The molecule has 94 valence electrons. The van der Waals surface area contributed by atoms with Gasteiger partial charge in [0.2, 0.25) is 5.91 Å². The number of halogens is 2. The van der Waals surface area contributed by atoms with E-state index in [4.69, 9.17) is 4.74 Å². The maximum Gasteiger partial charge on any atom is 0.222 e. The lowest BCUT2D eigenvalue weighted by atomic mass is 10.3. The maximum atomic E-state index is 12.9. The highest BCUT2D eigenvalue weighted by Crippen LogP contribution is 2.21. The number of hydrogen-bond acceptors (Lipinski definition) is 2. The predicted molar refractivity (Wildman–Crippen MR) is 67.5 cm³/mol. The van der Waals surface area contributed by atoms with Crippen LogP contribution in [0.25, 0.3) is 0 Å². The van der Waals surface area contributed by atoms with Crippen molar-refractivity contribution in [3.8, 4) is 5.75 Å². The van der Waals surface area contributed by atoms with Crippen molar-refractivity contribution >= 4 is 21.8 Å². The van der Waals surface area contributed by atoms with Crippen LogP contribution >= 0.6 is 15.9 Å². The van der Waals surface area contributed by atoms with Gasteiger partial charge >= 0.3 is 0 Å². The number of ether oxygens (including phenoxy) is 1. The van der Waals surface area contributed by atoms with Crippen LogP contribution in [0.2, 0.25) is 0 Å². The van der Waals surface area contributed by atoms with Crippen molar-refractivity contribution in [2.24, 2.45) is 0 Å².